The molecule has 0 aromatic heterocycles. The molecule has 0 saturated carbocycles. The molecule has 1 aromatic rings. The van der Waals surface area contributed by atoms with Crippen molar-refractivity contribution in [3.05, 3.63) is 40.7 Å². The van der Waals surface area contributed by atoms with Crippen LogP contribution in [0.3, 0.4) is 0 Å². The molecule has 0 amide bonds. The molecule has 0 unspecified atom stereocenters. The SMILES string of the molecule is C/C(=C/Cl)COc1ccc(C#N)c(F)c1. The van der Waals surface area contributed by atoms with Crippen molar-refractivity contribution in [3.8, 4) is 11.8 Å². The Hall–Kier alpha value is -1.53. The second-order valence-electron chi connectivity index (χ2n) is 3.00. The molecule has 0 N–H and O–H groups in total. The number of hydrogen-bond acceptors (Lipinski definition) is 2. The second-order valence-corrected chi connectivity index (χ2v) is 3.22. The molecule has 2 nitrogen and oxygen atoms in total. The lowest BCUT2D eigenvalue weighted by Crippen LogP contribution is -1.98. The highest BCUT2D eigenvalue weighted by molar-refractivity contribution is 6.25. The van der Waals surface area contributed by atoms with Gasteiger partial charge in [0.25, 0.3) is 0 Å². The zero-order chi connectivity index (χ0) is 11.3. The highest BCUT2D eigenvalue weighted by Crippen LogP contribution is 2.16. The van der Waals surface area contributed by atoms with Crippen molar-refractivity contribution in [2.75, 3.05) is 6.61 Å². The first-order valence-corrected chi connectivity index (χ1v) is 4.69. The molecular weight excluding hydrogens is 217 g/mol. The third-order valence-corrected chi connectivity index (χ3v) is 2.09. The summed E-state index contributed by atoms with van der Waals surface area (Å²) in [6, 6.07) is 5.84. The Kier molecular flexibility index (Phi) is 4.14. The van der Waals surface area contributed by atoms with E-state index < -0.39 is 5.82 Å². The van der Waals surface area contributed by atoms with Crippen LogP contribution in [0, 0.1) is 17.1 Å². The fraction of sp³-hybridized carbons (Fsp3) is 0.182. The van der Waals surface area contributed by atoms with E-state index in [1.807, 2.05) is 0 Å². The van der Waals surface area contributed by atoms with Crippen LogP contribution >= 0.6 is 11.6 Å². The quantitative estimate of drug-likeness (QED) is 0.791. The molecule has 0 fully saturated rings. The third kappa shape index (κ3) is 3.26. The van der Waals surface area contributed by atoms with Crippen molar-refractivity contribution in [3.63, 3.8) is 0 Å². The van der Waals surface area contributed by atoms with Crippen LogP contribution < -0.4 is 4.74 Å². The van der Waals surface area contributed by atoms with Crippen molar-refractivity contribution in [2.24, 2.45) is 0 Å². The summed E-state index contributed by atoms with van der Waals surface area (Å²) < 4.78 is 18.4. The first-order chi connectivity index (χ1) is 7.17. The topological polar surface area (TPSA) is 33.0 Å². The number of nitriles is 1. The van der Waals surface area contributed by atoms with Gasteiger partial charge in [-0.1, -0.05) is 11.6 Å². The van der Waals surface area contributed by atoms with Gasteiger partial charge in [0.05, 0.1) is 5.56 Å². The zero-order valence-corrected chi connectivity index (χ0v) is 8.88. The highest BCUT2D eigenvalue weighted by atomic mass is 35.5. The van der Waals surface area contributed by atoms with Gasteiger partial charge < -0.3 is 4.74 Å². The van der Waals surface area contributed by atoms with E-state index in [0.29, 0.717) is 12.4 Å². The molecule has 78 valence electrons. The van der Waals surface area contributed by atoms with Crippen molar-refractivity contribution >= 4 is 11.6 Å². The van der Waals surface area contributed by atoms with Crippen molar-refractivity contribution in [1.29, 1.82) is 5.26 Å². The first kappa shape index (κ1) is 11.5. The molecule has 1 rings (SSSR count). The van der Waals surface area contributed by atoms with Gasteiger partial charge in [-0.3, -0.25) is 0 Å². The van der Waals surface area contributed by atoms with Crippen LogP contribution in [0.25, 0.3) is 0 Å². The highest BCUT2D eigenvalue weighted by Gasteiger charge is 2.03. The molecule has 0 radical (unpaired) electrons. The number of halogens is 2. The Morgan fingerprint density at radius 1 is 1.67 bits per heavy atom. The molecule has 0 spiro atoms. The minimum absolute atomic E-state index is 0.00644. The fourth-order valence-corrected chi connectivity index (χ4v) is 0.968. The van der Waals surface area contributed by atoms with Crippen LogP contribution in [0.2, 0.25) is 0 Å². The molecule has 0 aliphatic rings. The Labute approximate surface area is 92.5 Å². The maximum Gasteiger partial charge on any atom is 0.144 e. The summed E-state index contributed by atoms with van der Waals surface area (Å²) in [6.07, 6.45) is 0. The van der Waals surface area contributed by atoms with Crippen LogP contribution in [0.1, 0.15) is 12.5 Å². The molecule has 4 heteroatoms. The van der Waals surface area contributed by atoms with Crippen LogP contribution in [0.15, 0.2) is 29.3 Å². The molecule has 0 bridgehead atoms. The summed E-state index contributed by atoms with van der Waals surface area (Å²) in [7, 11) is 0. The maximum atomic E-state index is 13.1. The van der Waals surface area contributed by atoms with Crippen LogP contribution in [-0.4, -0.2) is 6.61 Å². The molecule has 0 aliphatic carbocycles. The summed E-state index contributed by atoms with van der Waals surface area (Å²) in [6.45, 7) is 2.10. The molecule has 0 heterocycles. The molecule has 0 aliphatic heterocycles. The lowest BCUT2D eigenvalue weighted by Gasteiger charge is -2.05. The lowest BCUT2D eigenvalue weighted by atomic mass is 10.2. The Morgan fingerprint density at radius 2 is 2.40 bits per heavy atom. The van der Waals surface area contributed by atoms with E-state index in [4.69, 9.17) is 21.6 Å². The number of hydrogen-bond donors (Lipinski definition) is 0. The van der Waals surface area contributed by atoms with Crippen molar-refractivity contribution in [1.82, 2.24) is 0 Å². The van der Waals surface area contributed by atoms with Gasteiger partial charge >= 0.3 is 0 Å². The maximum absolute atomic E-state index is 13.1. The molecule has 1 aromatic carbocycles. The summed E-state index contributed by atoms with van der Waals surface area (Å²) in [5.74, 6) is -0.202. The minimum atomic E-state index is -0.581. The monoisotopic (exact) mass is 225 g/mol. The molecule has 0 saturated heterocycles. The van der Waals surface area contributed by atoms with Gasteiger partial charge in [-0.25, -0.2) is 4.39 Å². The molecule has 0 atom stereocenters. The molecular formula is C11H9ClFNO. The zero-order valence-electron chi connectivity index (χ0n) is 8.13. The fourth-order valence-electron chi connectivity index (χ4n) is 0.905. The smallest absolute Gasteiger partial charge is 0.144 e. The summed E-state index contributed by atoms with van der Waals surface area (Å²) in [5, 5.41) is 8.51. The minimum Gasteiger partial charge on any atom is -0.489 e. The van der Waals surface area contributed by atoms with E-state index in [-0.39, 0.29) is 5.56 Å². The van der Waals surface area contributed by atoms with E-state index in [0.717, 1.165) is 5.57 Å². The van der Waals surface area contributed by atoms with Crippen LogP contribution in [0.4, 0.5) is 4.39 Å². The predicted molar refractivity (Wildman–Crippen MR) is 56.2 cm³/mol. The van der Waals surface area contributed by atoms with Gasteiger partial charge in [0.1, 0.15) is 24.2 Å². The van der Waals surface area contributed by atoms with Crippen LogP contribution in [-0.2, 0) is 0 Å². The van der Waals surface area contributed by atoms with Crippen molar-refractivity contribution in [2.45, 2.75) is 6.92 Å². The normalized spacial score (nSPS) is 10.9. The van der Waals surface area contributed by atoms with E-state index in [1.165, 1.54) is 17.7 Å². The van der Waals surface area contributed by atoms with Gasteiger partial charge in [0.2, 0.25) is 0 Å². The van der Waals surface area contributed by atoms with E-state index in [2.05, 4.69) is 0 Å². The van der Waals surface area contributed by atoms with Crippen LogP contribution in [0.5, 0.6) is 5.75 Å². The van der Waals surface area contributed by atoms with Gasteiger partial charge in [-0.2, -0.15) is 5.26 Å². The van der Waals surface area contributed by atoms with E-state index in [9.17, 15) is 4.39 Å². The Balaban J connectivity index is 2.73. The summed E-state index contributed by atoms with van der Waals surface area (Å²) in [5.41, 5.74) is 2.24. The van der Waals surface area contributed by atoms with Gasteiger partial charge in [-0.15, -0.1) is 0 Å². The number of nitrogens with zero attached hydrogens (tertiary/aromatic N) is 1. The van der Waals surface area contributed by atoms with Gasteiger partial charge in [0, 0.05) is 11.6 Å². The van der Waals surface area contributed by atoms with Gasteiger partial charge in [-0.05, 0) is 24.6 Å². The Bertz CT molecular complexity index is 423. The lowest BCUT2D eigenvalue weighted by molar-refractivity contribution is 0.350. The standard InChI is InChI=1S/C11H9ClFNO/c1-8(5-12)7-15-10-3-2-9(6-14)11(13)4-10/h2-5H,7H2,1H3/b8-5-. The molecule has 15 heavy (non-hydrogen) atoms. The van der Waals surface area contributed by atoms with E-state index >= 15 is 0 Å². The average Bonchev–Trinajstić information content (AvgIpc) is 2.26. The van der Waals surface area contributed by atoms with Gasteiger partial charge in [0.15, 0.2) is 0 Å². The number of rotatable bonds is 3. The Morgan fingerprint density at radius 3 is 2.93 bits per heavy atom. The summed E-state index contributed by atoms with van der Waals surface area (Å²) >= 11 is 5.44. The average molecular weight is 226 g/mol. The largest absolute Gasteiger partial charge is 0.489 e. The number of ether oxygens (including phenoxy) is 1. The first-order valence-electron chi connectivity index (χ1n) is 4.25. The number of benzene rings is 1. The van der Waals surface area contributed by atoms with Crippen molar-refractivity contribution < 1.29 is 9.13 Å². The van der Waals surface area contributed by atoms with E-state index in [1.54, 1.807) is 19.1 Å². The summed E-state index contributed by atoms with van der Waals surface area (Å²) in [4.78, 5) is 0. The third-order valence-electron chi connectivity index (χ3n) is 1.71. The second kappa shape index (κ2) is 5.38. The predicted octanol–water partition coefficient (Wildman–Crippen LogP) is 3.22.